The molecule has 3 nitrogen and oxygen atoms in total. The predicted octanol–water partition coefficient (Wildman–Crippen LogP) is 4.18. The molecule has 0 saturated heterocycles. The zero-order valence-electron chi connectivity index (χ0n) is 9.28. The van der Waals surface area contributed by atoms with Crippen molar-refractivity contribution in [1.82, 2.24) is 0 Å². The van der Waals surface area contributed by atoms with Crippen molar-refractivity contribution in [3.63, 3.8) is 0 Å². The third kappa shape index (κ3) is 3.03. The van der Waals surface area contributed by atoms with E-state index in [9.17, 15) is 0 Å². The highest BCUT2D eigenvalue weighted by Gasteiger charge is 2.05. The van der Waals surface area contributed by atoms with Crippen LogP contribution in [-0.2, 0) is 0 Å². The van der Waals surface area contributed by atoms with Gasteiger partial charge in [0, 0.05) is 15.1 Å². The minimum atomic E-state index is 0.0104. The molecule has 18 heavy (non-hydrogen) atoms. The Kier molecular flexibility index (Phi) is 3.89. The normalized spacial score (nSPS) is 10.1. The van der Waals surface area contributed by atoms with Crippen molar-refractivity contribution < 1.29 is 4.74 Å². The van der Waals surface area contributed by atoms with Crippen molar-refractivity contribution in [3.05, 3.63) is 57.5 Å². The van der Waals surface area contributed by atoms with Gasteiger partial charge in [0.05, 0.1) is 0 Å². The Morgan fingerprint density at radius 3 is 2.50 bits per heavy atom. The monoisotopic (exact) mass is 324 g/mol. The molecule has 5 heteroatoms. The van der Waals surface area contributed by atoms with Crippen molar-refractivity contribution in [2.45, 2.75) is 0 Å². The number of ether oxygens (including phenoxy) is 1. The molecule has 0 fully saturated rings. The Labute approximate surface area is 118 Å². The van der Waals surface area contributed by atoms with Gasteiger partial charge in [-0.1, -0.05) is 17.7 Å². The van der Waals surface area contributed by atoms with Gasteiger partial charge >= 0.3 is 0 Å². The van der Waals surface area contributed by atoms with Crippen LogP contribution in [0.4, 0.5) is 0 Å². The van der Waals surface area contributed by atoms with Crippen LogP contribution < -0.4 is 10.5 Å². The number of hydrogen-bond donors (Lipinski definition) is 2. The molecule has 0 spiro atoms. The molecule has 2 rings (SSSR count). The van der Waals surface area contributed by atoms with Gasteiger partial charge in [0.1, 0.15) is 17.3 Å². The fraction of sp³-hybridized carbons (Fsp3) is 0. The summed E-state index contributed by atoms with van der Waals surface area (Å²) in [5, 5.41) is 8.00. The molecule has 0 atom stereocenters. The number of hydrogen-bond acceptors (Lipinski definition) is 2. The second-order valence-corrected chi connectivity index (χ2v) is 4.91. The Hall–Kier alpha value is -1.52. The maximum Gasteiger partial charge on any atom is 0.128 e. The summed E-state index contributed by atoms with van der Waals surface area (Å²) < 4.78 is 6.37. The third-order valence-electron chi connectivity index (χ3n) is 2.26. The van der Waals surface area contributed by atoms with Crippen molar-refractivity contribution in [2.75, 3.05) is 0 Å². The SMILES string of the molecule is N=C(N)c1ccc(Oc2cccc(Cl)c2)cc1Br. The molecule has 0 bridgehead atoms. The molecule has 0 amide bonds. The zero-order valence-corrected chi connectivity index (χ0v) is 11.6. The smallest absolute Gasteiger partial charge is 0.128 e. The van der Waals surface area contributed by atoms with Crippen LogP contribution in [0, 0.1) is 5.41 Å². The summed E-state index contributed by atoms with van der Waals surface area (Å²) in [6, 6.07) is 12.4. The van der Waals surface area contributed by atoms with Crippen LogP contribution in [0.15, 0.2) is 46.9 Å². The van der Waals surface area contributed by atoms with E-state index >= 15 is 0 Å². The molecule has 92 valence electrons. The maximum atomic E-state index is 7.39. The predicted molar refractivity (Wildman–Crippen MR) is 76.7 cm³/mol. The van der Waals surface area contributed by atoms with Gasteiger partial charge in [-0.2, -0.15) is 0 Å². The Bertz CT molecular complexity index is 601. The lowest BCUT2D eigenvalue weighted by Crippen LogP contribution is -2.11. The second kappa shape index (κ2) is 5.42. The molecule has 0 radical (unpaired) electrons. The lowest BCUT2D eigenvalue weighted by atomic mass is 10.2. The molecule has 3 N–H and O–H groups in total. The molecule has 2 aromatic carbocycles. The molecule has 0 heterocycles. The van der Waals surface area contributed by atoms with Crippen molar-refractivity contribution in [2.24, 2.45) is 5.73 Å². The van der Waals surface area contributed by atoms with Crippen molar-refractivity contribution in [3.8, 4) is 11.5 Å². The van der Waals surface area contributed by atoms with Gasteiger partial charge in [-0.3, -0.25) is 5.41 Å². The summed E-state index contributed by atoms with van der Waals surface area (Å²) in [5.74, 6) is 1.32. The van der Waals surface area contributed by atoms with Gasteiger partial charge in [-0.05, 0) is 52.3 Å². The van der Waals surface area contributed by atoms with E-state index in [1.807, 2.05) is 12.1 Å². The summed E-state index contributed by atoms with van der Waals surface area (Å²) in [7, 11) is 0. The molecule has 0 saturated carbocycles. The third-order valence-corrected chi connectivity index (χ3v) is 3.15. The molecule has 0 aliphatic heterocycles. The minimum Gasteiger partial charge on any atom is -0.457 e. The summed E-state index contributed by atoms with van der Waals surface area (Å²) in [4.78, 5) is 0. The lowest BCUT2D eigenvalue weighted by Gasteiger charge is -2.08. The first kappa shape index (κ1) is 12.9. The number of nitrogens with one attached hydrogen (secondary N) is 1. The first-order chi connectivity index (χ1) is 8.56. The fourth-order valence-corrected chi connectivity index (χ4v) is 2.20. The number of nitrogen functional groups attached to an aromatic ring is 1. The Morgan fingerprint density at radius 2 is 1.89 bits per heavy atom. The molecule has 0 aromatic heterocycles. The fourth-order valence-electron chi connectivity index (χ4n) is 1.44. The molecular weight excluding hydrogens is 316 g/mol. The van der Waals surface area contributed by atoms with Crippen molar-refractivity contribution in [1.29, 1.82) is 5.41 Å². The van der Waals surface area contributed by atoms with Crippen LogP contribution in [0.3, 0.4) is 0 Å². The Balaban J connectivity index is 2.25. The van der Waals surface area contributed by atoms with Crippen LogP contribution in [0.25, 0.3) is 0 Å². The lowest BCUT2D eigenvalue weighted by molar-refractivity contribution is 0.482. The highest BCUT2D eigenvalue weighted by Crippen LogP contribution is 2.28. The van der Waals surface area contributed by atoms with E-state index < -0.39 is 0 Å². The van der Waals surface area contributed by atoms with Gasteiger partial charge in [0.15, 0.2) is 0 Å². The van der Waals surface area contributed by atoms with Crippen LogP contribution in [0.5, 0.6) is 11.5 Å². The number of amidine groups is 1. The molecule has 0 unspecified atom stereocenters. The largest absolute Gasteiger partial charge is 0.457 e. The number of rotatable bonds is 3. The quantitative estimate of drug-likeness (QED) is 0.657. The van der Waals surface area contributed by atoms with Crippen LogP contribution >= 0.6 is 27.5 Å². The number of nitrogens with two attached hydrogens (primary N) is 1. The number of halogens is 2. The van der Waals surface area contributed by atoms with Gasteiger partial charge in [0.2, 0.25) is 0 Å². The Morgan fingerprint density at radius 1 is 1.17 bits per heavy atom. The highest BCUT2D eigenvalue weighted by molar-refractivity contribution is 9.10. The van der Waals surface area contributed by atoms with E-state index in [4.69, 9.17) is 27.5 Å². The average molecular weight is 326 g/mol. The summed E-state index contributed by atoms with van der Waals surface area (Å²) >= 11 is 9.22. The highest BCUT2D eigenvalue weighted by atomic mass is 79.9. The van der Waals surface area contributed by atoms with Gasteiger partial charge in [0.25, 0.3) is 0 Å². The zero-order chi connectivity index (χ0) is 13.1. The number of benzene rings is 2. The van der Waals surface area contributed by atoms with E-state index in [0.29, 0.717) is 22.1 Å². The average Bonchev–Trinajstić information content (AvgIpc) is 2.28. The molecular formula is C13H10BrClN2O. The van der Waals surface area contributed by atoms with Gasteiger partial charge < -0.3 is 10.5 Å². The van der Waals surface area contributed by atoms with E-state index in [1.54, 1.807) is 30.3 Å². The van der Waals surface area contributed by atoms with E-state index in [0.717, 1.165) is 4.47 Å². The molecule has 2 aromatic rings. The van der Waals surface area contributed by atoms with E-state index in [1.165, 1.54) is 0 Å². The van der Waals surface area contributed by atoms with Crippen LogP contribution in [0.2, 0.25) is 5.02 Å². The van der Waals surface area contributed by atoms with E-state index in [-0.39, 0.29) is 5.84 Å². The van der Waals surface area contributed by atoms with Crippen molar-refractivity contribution >= 4 is 33.4 Å². The first-order valence-corrected chi connectivity index (χ1v) is 6.31. The standard InChI is InChI=1S/C13H10BrClN2O/c14-12-7-10(4-5-11(12)13(16)17)18-9-3-1-2-8(15)6-9/h1-7H,(H3,16,17). The molecule has 0 aliphatic rings. The topological polar surface area (TPSA) is 59.1 Å². The first-order valence-electron chi connectivity index (χ1n) is 5.13. The summed E-state index contributed by atoms with van der Waals surface area (Å²) in [6.45, 7) is 0. The van der Waals surface area contributed by atoms with E-state index in [2.05, 4.69) is 15.9 Å². The van der Waals surface area contributed by atoms with Crippen LogP contribution in [-0.4, -0.2) is 5.84 Å². The van der Waals surface area contributed by atoms with Crippen LogP contribution in [0.1, 0.15) is 5.56 Å². The minimum absolute atomic E-state index is 0.0104. The second-order valence-electron chi connectivity index (χ2n) is 3.61. The maximum absolute atomic E-state index is 7.39. The molecule has 0 aliphatic carbocycles. The summed E-state index contributed by atoms with van der Waals surface area (Å²) in [6.07, 6.45) is 0. The summed E-state index contributed by atoms with van der Waals surface area (Å²) in [5.41, 5.74) is 6.06. The van der Waals surface area contributed by atoms with Gasteiger partial charge in [-0.15, -0.1) is 0 Å². The van der Waals surface area contributed by atoms with Gasteiger partial charge in [-0.25, -0.2) is 0 Å².